The number of primary amides is 1. The number of H-pyrrole nitrogens is 1. The van der Waals surface area contributed by atoms with Crippen LogP contribution in [0.15, 0.2) is 23.1 Å². The topological polar surface area (TPSA) is 105 Å². The highest BCUT2D eigenvalue weighted by Crippen LogP contribution is 2.28. The second-order valence-electron chi connectivity index (χ2n) is 5.25. The molecule has 1 aliphatic rings. The van der Waals surface area contributed by atoms with E-state index in [0.717, 1.165) is 6.07 Å². The van der Waals surface area contributed by atoms with Crippen LogP contribution in [0, 0.1) is 11.9 Å². The van der Waals surface area contributed by atoms with Crippen LogP contribution in [0.5, 0.6) is 0 Å². The summed E-state index contributed by atoms with van der Waals surface area (Å²) in [5.41, 5.74) is 5.15. The number of nitrogens with two attached hydrogens (primary N) is 1. The highest BCUT2D eigenvalue weighted by molar-refractivity contribution is 6.32. The molecule has 3 heterocycles. The number of nitrogens with one attached hydrogen (secondary N) is 1. The van der Waals surface area contributed by atoms with E-state index in [1.54, 1.807) is 4.90 Å². The summed E-state index contributed by atoms with van der Waals surface area (Å²) < 4.78 is 13.3. The quantitative estimate of drug-likeness (QED) is 0.811. The van der Waals surface area contributed by atoms with Gasteiger partial charge in [0.25, 0.3) is 5.56 Å². The lowest BCUT2D eigenvalue weighted by Crippen LogP contribution is -2.29. The maximum Gasteiger partial charge on any atom is 0.272 e. The number of pyridine rings is 1. The number of nitrogens with zero attached hydrogens (tertiary/aromatic N) is 3. The molecule has 9 heteroatoms. The number of hydrogen-bond donors (Lipinski definition) is 2. The van der Waals surface area contributed by atoms with Crippen LogP contribution in [0.25, 0.3) is 11.4 Å². The summed E-state index contributed by atoms with van der Waals surface area (Å²) in [5.74, 6) is -0.958. The van der Waals surface area contributed by atoms with E-state index in [9.17, 15) is 14.0 Å². The van der Waals surface area contributed by atoms with Gasteiger partial charge in [-0.05, 0) is 12.5 Å². The average Bonchev–Trinajstić information content (AvgIpc) is 3.00. The standard InChI is InChI=1S/C14H13ClFN5O2/c15-10-13(21-4-2-8(6-21)11(17)22)19-12(20-14(10)23)7-1-3-18-9(16)5-7/h1,3,5,8H,2,4,6H2,(H2,17,22)(H,19,20,23). The van der Waals surface area contributed by atoms with Gasteiger partial charge in [-0.1, -0.05) is 11.6 Å². The Bertz CT molecular complexity index is 825. The number of halogens is 2. The van der Waals surface area contributed by atoms with E-state index in [-0.39, 0.29) is 22.6 Å². The minimum Gasteiger partial charge on any atom is -0.369 e. The molecule has 0 aromatic carbocycles. The maximum absolute atomic E-state index is 13.3. The van der Waals surface area contributed by atoms with Crippen molar-refractivity contribution in [1.82, 2.24) is 15.0 Å². The third kappa shape index (κ3) is 3.02. The SMILES string of the molecule is NC(=O)C1CCN(c2nc(-c3ccnc(F)c3)[nH]c(=O)c2Cl)C1. The summed E-state index contributed by atoms with van der Waals surface area (Å²) in [4.78, 5) is 35.3. The predicted molar refractivity (Wildman–Crippen MR) is 82.6 cm³/mol. The lowest BCUT2D eigenvalue weighted by Gasteiger charge is -2.18. The molecular weight excluding hydrogens is 325 g/mol. The van der Waals surface area contributed by atoms with E-state index in [2.05, 4.69) is 15.0 Å². The van der Waals surface area contributed by atoms with E-state index in [4.69, 9.17) is 17.3 Å². The van der Waals surface area contributed by atoms with E-state index in [0.29, 0.717) is 25.1 Å². The minimum atomic E-state index is -0.684. The number of carbonyl (C=O) groups is 1. The molecule has 0 spiro atoms. The number of carbonyl (C=O) groups excluding carboxylic acids is 1. The molecule has 2 aromatic rings. The first-order valence-electron chi connectivity index (χ1n) is 6.91. The highest BCUT2D eigenvalue weighted by atomic mass is 35.5. The summed E-state index contributed by atoms with van der Waals surface area (Å²) in [7, 11) is 0. The number of rotatable bonds is 3. The van der Waals surface area contributed by atoms with Crippen LogP contribution in [0.3, 0.4) is 0 Å². The molecule has 2 aromatic heterocycles. The first-order valence-corrected chi connectivity index (χ1v) is 7.29. The first kappa shape index (κ1) is 15.4. The molecule has 1 atom stereocenters. The number of amides is 1. The molecule has 0 saturated carbocycles. The lowest BCUT2D eigenvalue weighted by atomic mass is 10.1. The average molecular weight is 338 g/mol. The summed E-state index contributed by atoms with van der Waals surface area (Å²) in [5, 5.41) is -0.0756. The Morgan fingerprint density at radius 1 is 1.52 bits per heavy atom. The molecule has 1 aliphatic heterocycles. The summed E-state index contributed by atoms with van der Waals surface area (Å²) in [6, 6.07) is 2.68. The van der Waals surface area contributed by atoms with Gasteiger partial charge in [-0.2, -0.15) is 4.39 Å². The largest absolute Gasteiger partial charge is 0.369 e. The van der Waals surface area contributed by atoms with Gasteiger partial charge in [0.15, 0.2) is 5.82 Å². The van der Waals surface area contributed by atoms with Gasteiger partial charge in [0.1, 0.15) is 10.8 Å². The summed E-state index contributed by atoms with van der Waals surface area (Å²) in [6.45, 7) is 0.851. The van der Waals surface area contributed by atoms with Crippen molar-refractivity contribution in [2.75, 3.05) is 18.0 Å². The first-order chi connectivity index (χ1) is 11.0. The van der Waals surface area contributed by atoms with Crippen LogP contribution >= 0.6 is 11.6 Å². The van der Waals surface area contributed by atoms with Crippen molar-refractivity contribution in [3.8, 4) is 11.4 Å². The third-order valence-electron chi connectivity index (χ3n) is 3.74. The van der Waals surface area contributed by atoms with Crippen molar-refractivity contribution in [1.29, 1.82) is 0 Å². The fraction of sp³-hybridized carbons (Fsp3) is 0.286. The molecule has 120 valence electrons. The van der Waals surface area contributed by atoms with Crippen LogP contribution in [0.4, 0.5) is 10.2 Å². The molecule has 3 rings (SSSR count). The van der Waals surface area contributed by atoms with Crippen molar-refractivity contribution in [3.63, 3.8) is 0 Å². The molecule has 23 heavy (non-hydrogen) atoms. The van der Waals surface area contributed by atoms with Gasteiger partial charge in [0, 0.05) is 30.9 Å². The Kier molecular flexibility index (Phi) is 3.99. The number of aromatic amines is 1. The van der Waals surface area contributed by atoms with Gasteiger partial charge < -0.3 is 15.6 Å². The molecule has 1 unspecified atom stereocenters. The Labute approximate surface area is 135 Å². The fourth-order valence-corrected chi connectivity index (χ4v) is 2.74. The minimum absolute atomic E-state index is 0.0756. The van der Waals surface area contributed by atoms with E-state index >= 15 is 0 Å². The Hall–Kier alpha value is -2.48. The van der Waals surface area contributed by atoms with Gasteiger partial charge in [-0.3, -0.25) is 9.59 Å². The van der Waals surface area contributed by atoms with Crippen molar-refractivity contribution in [2.45, 2.75) is 6.42 Å². The fourth-order valence-electron chi connectivity index (χ4n) is 2.53. The van der Waals surface area contributed by atoms with Crippen LogP contribution in [0.1, 0.15) is 6.42 Å². The zero-order valence-corrected chi connectivity index (χ0v) is 12.7. The number of hydrogen-bond acceptors (Lipinski definition) is 5. The van der Waals surface area contributed by atoms with Crippen LogP contribution < -0.4 is 16.2 Å². The maximum atomic E-state index is 13.3. The van der Waals surface area contributed by atoms with Gasteiger partial charge >= 0.3 is 0 Å². The van der Waals surface area contributed by atoms with Crippen LogP contribution in [-0.4, -0.2) is 33.9 Å². The molecule has 3 N–H and O–H groups in total. The van der Waals surface area contributed by atoms with E-state index in [1.165, 1.54) is 12.3 Å². The molecule has 7 nitrogen and oxygen atoms in total. The Morgan fingerprint density at radius 3 is 2.96 bits per heavy atom. The highest BCUT2D eigenvalue weighted by Gasteiger charge is 2.29. The van der Waals surface area contributed by atoms with Gasteiger partial charge in [-0.25, -0.2) is 9.97 Å². The molecule has 1 saturated heterocycles. The van der Waals surface area contributed by atoms with Crippen molar-refractivity contribution in [2.24, 2.45) is 11.7 Å². The smallest absolute Gasteiger partial charge is 0.272 e. The number of aromatic nitrogens is 3. The molecule has 1 amide bonds. The second-order valence-corrected chi connectivity index (χ2v) is 5.63. The molecule has 0 radical (unpaired) electrons. The zero-order valence-electron chi connectivity index (χ0n) is 11.9. The molecule has 1 fully saturated rings. The van der Waals surface area contributed by atoms with Crippen molar-refractivity contribution >= 4 is 23.3 Å². The lowest BCUT2D eigenvalue weighted by molar-refractivity contribution is -0.121. The van der Waals surface area contributed by atoms with Crippen LogP contribution in [0.2, 0.25) is 5.02 Å². The van der Waals surface area contributed by atoms with Gasteiger partial charge in [0.2, 0.25) is 11.9 Å². The van der Waals surface area contributed by atoms with Crippen LogP contribution in [-0.2, 0) is 4.79 Å². The van der Waals surface area contributed by atoms with E-state index in [1.807, 2.05) is 0 Å². The predicted octanol–water partition coefficient (Wildman–Crippen LogP) is 0.936. The number of anilines is 1. The molecular formula is C14H13ClFN5O2. The zero-order chi connectivity index (χ0) is 16.6. The van der Waals surface area contributed by atoms with Gasteiger partial charge in [-0.15, -0.1) is 0 Å². The third-order valence-corrected chi connectivity index (χ3v) is 4.08. The van der Waals surface area contributed by atoms with Crippen molar-refractivity contribution < 1.29 is 9.18 Å². The monoisotopic (exact) mass is 337 g/mol. The normalized spacial score (nSPS) is 17.5. The van der Waals surface area contributed by atoms with E-state index < -0.39 is 17.4 Å². The van der Waals surface area contributed by atoms with Crippen molar-refractivity contribution in [3.05, 3.63) is 39.7 Å². The summed E-state index contributed by atoms with van der Waals surface area (Å²) >= 11 is 6.04. The molecule has 0 bridgehead atoms. The Morgan fingerprint density at radius 2 is 2.30 bits per heavy atom. The Balaban J connectivity index is 2.01. The molecule has 0 aliphatic carbocycles. The van der Waals surface area contributed by atoms with Gasteiger partial charge in [0.05, 0.1) is 5.92 Å². The second kappa shape index (κ2) is 5.96. The summed E-state index contributed by atoms with van der Waals surface area (Å²) in [6.07, 6.45) is 1.84.